The van der Waals surface area contributed by atoms with Crippen molar-refractivity contribution in [1.29, 1.82) is 0 Å². The van der Waals surface area contributed by atoms with Crippen molar-refractivity contribution in [1.82, 2.24) is 10.6 Å². The largest absolute Gasteiger partial charge is 0.497 e. The number of nitro groups is 1. The summed E-state index contributed by atoms with van der Waals surface area (Å²) in [5, 5.41) is 17.3. The van der Waals surface area contributed by atoms with Gasteiger partial charge in [0, 0.05) is 32.3 Å². The minimum atomic E-state index is -0.392. The molecule has 0 aliphatic heterocycles. The van der Waals surface area contributed by atoms with Crippen LogP contribution in [0.15, 0.2) is 53.5 Å². The first-order chi connectivity index (χ1) is 13.0. The maximum atomic E-state index is 10.8. The first-order valence-corrected chi connectivity index (χ1v) is 8.85. The van der Waals surface area contributed by atoms with E-state index in [9.17, 15) is 10.1 Å². The van der Waals surface area contributed by atoms with E-state index in [0.29, 0.717) is 18.4 Å². The van der Waals surface area contributed by atoms with Gasteiger partial charge in [0.1, 0.15) is 5.75 Å². The second-order valence-corrected chi connectivity index (χ2v) is 6.24. The first kappa shape index (κ1) is 20.2. The van der Waals surface area contributed by atoms with Crippen LogP contribution in [-0.4, -0.2) is 31.6 Å². The number of non-ortho nitro benzene ring substituents is 1. The Bertz CT molecular complexity index is 775. The van der Waals surface area contributed by atoms with Crippen LogP contribution in [0.5, 0.6) is 5.75 Å². The van der Waals surface area contributed by atoms with Gasteiger partial charge in [-0.25, -0.2) is 0 Å². The Kier molecular flexibility index (Phi) is 7.61. The quantitative estimate of drug-likeness (QED) is 0.321. The van der Waals surface area contributed by atoms with Gasteiger partial charge in [-0.1, -0.05) is 31.2 Å². The van der Waals surface area contributed by atoms with Gasteiger partial charge in [-0.05, 0) is 35.6 Å². The van der Waals surface area contributed by atoms with Gasteiger partial charge < -0.3 is 15.4 Å². The summed E-state index contributed by atoms with van der Waals surface area (Å²) in [7, 11) is 3.37. The summed E-state index contributed by atoms with van der Waals surface area (Å²) in [5.74, 6) is 1.93. The fourth-order valence-electron chi connectivity index (χ4n) is 2.69. The van der Waals surface area contributed by atoms with Crippen LogP contribution in [0.1, 0.15) is 30.4 Å². The van der Waals surface area contributed by atoms with Crippen molar-refractivity contribution in [3.63, 3.8) is 0 Å². The molecule has 0 saturated carbocycles. The molecule has 0 aromatic heterocycles. The van der Waals surface area contributed by atoms with Crippen molar-refractivity contribution < 1.29 is 9.66 Å². The third kappa shape index (κ3) is 6.29. The second-order valence-electron chi connectivity index (χ2n) is 6.24. The summed E-state index contributed by atoms with van der Waals surface area (Å²) in [6.07, 6.45) is 0.948. The molecule has 7 heteroatoms. The summed E-state index contributed by atoms with van der Waals surface area (Å²) in [5.41, 5.74) is 2.18. The third-order valence-corrected chi connectivity index (χ3v) is 4.36. The molecule has 1 unspecified atom stereocenters. The van der Waals surface area contributed by atoms with Crippen LogP contribution < -0.4 is 15.4 Å². The van der Waals surface area contributed by atoms with Crippen molar-refractivity contribution in [2.75, 3.05) is 20.7 Å². The molecule has 0 heterocycles. The number of hydrogen-bond donors (Lipinski definition) is 2. The molecule has 0 saturated heterocycles. The lowest BCUT2D eigenvalue weighted by Gasteiger charge is -2.15. The number of benzene rings is 2. The molecule has 2 rings (SSSR count). The number of aliphatic imine (C=N–C) groups is 1. The summed E-state index contributed by atoms with van der Waals surface area (Å²) in [6, 6.07) is 14.7. The summed E-state index contributed by atoms with van der Waals surface area (Å²) >= 11 is 0. The number of nitrogens with zero attached hydrogens (tertiary/aromatic N) is 2. The number of guanidine groups is 1. The summed E-state index contributed by atoms with van der Waals surface area (Å²) in [6.45, 7) is 3.42. The third-order valence-electron chi connectivity index (χ3n) is 4.36. The molecule has 27 heavy (non-hydrogen) atoms. The van der Waals surface area contributed by atoms with Crippen molar-refractivity contribution in [3.05, 3.63) is 69.8 Å². The van der Waals surface area contributed by atoms with Crippen LogP contribution in [0.4, 0.5) is 5.69 Å². The number of rotatable bonds is 8. The highest BCUT2D eigenvalue weighted by atomic mass is 16.6. The fourth-order valence-corrected chi connectivity index (χ4v) is 2.69. The van der Waals surface area contributed by atoms with E-state index in [1.165, 1.54) is 11.6 Å². The summed E-state index contributed by atoms with van der Waals surface area (Å²) < 4.78 is 5.19. The zero-order chi connectivity index (χ0) is 19.6. The molecule has 0 aliphatic rings. The first-order valence-electron chi connectivity index (χ1n) is 8.85. The Morgan fingerprint density at radius 1 is 1.22 bits per heavy atom. The Hall–Kier alpha value is -3.09. The molecule has 7 nitrogen and oxygen atoms in total. The second kappa shape index (κ2) is 10.2. The van der Waals surface area contributed by atoms with Gasteiger partial charge >= 0.3 is 0 Å². The molecule has 2 N–H and O–H groups in total. The topological polar surface area (TPSA) is 88.8 Å². The molecule has 1 atom stereocenters. The predicted octanol–water partition coefficient (Wildman–Crippen LogP) is 3.46. The number of ether oxygens (including phenoxy) is 1. The van der Waals surface area contributed by atoms with Crippen molar-refractivity contribution in [2.45, 2.75) is 25.8 Å². The molecule has 2 aromatic carbocycles. The van der Waals surface area contributed by atoms with Crippen molar-refractivity contribution in [3.8, 4) is 5.75 Å². The minimum Gasteiger partial charge on any atom is -0.497 e. The van der Waals surface area contributed by atoms with Gasteiger partial charge in [0.25, 0.3) is 5.69 Å². The van der Waals surface area contributed by atoms with Gasteiger partial charge in [0.2, 0.25) is 0 Å². The Balaban J connectivity index is 1.79. The standard InChI is InChI=1S/C20H26N4O3/c1-15(17-7-9-19(27-3)10-8-17)11-12-22-20(21-2)23-14-16-5-4-6-18(13-16)24(25)26/h4-10,13,15H,11-12,14H2,1-3H3,(H2,21,22,23). The minimum absolute atomic E-state index is 0.0885. The van der Waals surface area contributed by atoms with E-state index in [4.69, 9.17) is 4.74 Å². The van der Waals surface area contributed by atoms with Gasteiger partial charge in [-0.15, -0.1) is 0 Å². The number of hydrogen-bond acceptors (Lipinski definition) is 4. The van der Waals surface area contributed by atoms with Gasteiger partial charge in [0.05, 0.1) is 12.0 Å². The fraction of sp³-hybridized carbons (Fsp3) is 0.350. The smallest absolute Gasteiger partial charge is 0.269 e. The highest BCUT2D eigenvalue weighted by molar-refractivity contribution is 5.79. The zero-order valence-corrected chi connectivity index (χ0v) is 15.9. The van der Waals surface area contributed by atoms with Gasteiger partial charge in [0.15, 0.2) is 5.96 Å². The summed E-state index contributed by atoms with van der Waals surface area (Å²) in [4.78, 5) is 14.7. The molecule has 0 amide bonds. The number of nitro benzene ring substituents is 1. The van der Waals surface area contributed by atoms with E-state index in [1.807, 2.05) is 18.2 Å². The average Bonchev–Trinajstić information content (AvgIpc) is 2.70. The maximum absolute atomic E-state index is 10.8. The lowest BCUT2D eigenvalue weighted by Crippen LogP contribution is -2.37. The van der Waals surface area contributed by atoms with Crippen LogP contribution >= 0.6 is 0 Å². The van der Waals surface area contributed by atoms with E-state index >= 15 is 0 Å². The normalized spacial score (nSPS) is 12.3. The average molecular weight is 370 g/mol. The zero-order valence-electron chi connectivity index (χ0n) is 15.9. The van der Waals surface area contributed by atoms with Crippen LogP contribution in [0.3, 0.4) is 0 Å². The van der Waals surface area contributed by atoms with E-state index in [0.717, 1.165) is 24.3 Å². The predicted molar refractivity (Wildman–Crippen MR) is 107 cm³/mol. The van der Waals surface area contributed by atoms with Crippen LogP contribution in [0.2, 0.25) is 0 Å². The van der Waals surface area contributed by atoms with Crippen molar-refractivity contribution >= 4 is 11.6 Å². The maximum Gasteiger partial charge on any atom is 0.269 e. The molecule has 0 fully saturated rings. The Labute approximate surface area is 159 Å². The van der Waals surface area contributed by atoms with E-state index < -0.39 is 4.92 Å². The molecule has 0 radical (unpaired) electrons. The van der Waals surface area contributed by atoms with E-state index in [-0.39, 0.29) is 5.69 Å². The van der Waals surface area contributed by atoms with Gasteiger partial charge in [-0.2, -0.15) is 0 Å². The van der Waals surface area contributed by atoms with Crippen LogP contribution in [0, 0.1) is 10.1 Å². The lowest BCUT2D eigenvalue weighted by atomic mass is 9.98. The molecule has 0 bridgehead atoms. The Morgan fingerprint density at radius 3 is 2.59 bits per heavy atom. The number of nitrogens with one attached hydrogen (secondary N) is 2. The molecular formula is C20H26N4O3. The SMILES string of the molecule is CN=C(NCCC(C)c1ccc(OC)cc1)NCc1cccc([N+](=O)[O-])c1. The van der Waals surface area contributed by atoms with Crippen LogP contribution in [-0.2, 0) is 6.54 Å². The molecule has 144 valence electrons. The van der Waals surface area contributed by atoms with Crippen molar-refractivity contribution in [2.24, 2.45) is 4.99 Å². The Morgan fingerprint density at radius 2 is 1.96 bits per heavy atom. The van der Waals surface area contributed by atoms with E-state index in [2.05, 4.69) is 34.7 Å². The molecule has 2 aromatic rings. The molecular weight excluding hydrogens is 344 g/mol. The van der Waals surface area contributed by atoms with E-state index in [1.54, 1.807) is 26.3 Å². The highest BCUT2D eigenvalue weighted by Gasteiger charge is 2.08. The van der Waals surface area contributed by atoms with Crippen LogP contribution in [0.25, 0.3) is 0 Å². The highest BCUT2D eigenvalue weighted by Crippen LogP contribution is 2.21. The molecule has 0 spiro atoms. The lowest BCUT2D eigenvalue weighted by molar-refractivity contribution is -0.384. The monoisotopic (exact) mass is 370 g/mol. The molecule has 0 aliphatic carbocycles. The number of methoxy groups -OCH3 is 1. The van der Waals surface area contributed by atoms with Gasteiger partial charge in [-0.3, -0.25) is 15.1 Å².